The minimum absolute atomic E-state index is 0.0595. The van der Waals surface area contributed by atoms with E-state index in [1.165, 1.54) is 37.3 Å². The van der Waals surface area contributed by atoms with Crippen molar-refractivity contribution in [2.24, 2.45) is 0 Å². The molecule has 0 unspecified atom stereocenters. The van der Waals surface area contributed by atoms with Gasteiger partial charge in [-0.3, -0.25) is 13.9 Å². The van der Waals surface area contributed by atoms with Crippen LogP contribution in [0.3, 0.4) is 0 Å². The first-order valence-corrected chi connectivity index (χ1v) is 15.9. The van der Waals surface area contributed by atoms with Crippen LogP contribution < -0.4 is 19.1 Å². The number of benzene rings is 3. The van der Waals surface area contributed by atoms with E-state index in [0.717, 1.165) is 46.7 Å². The van der Waals surface area contributed by atoms with Crippen LogP contribution in [0.1, 0.15) is 49.3 Å². The average molecular weight is 608 g/mol. The normalized spacial score (nSPS) is 14.2. The number of aryl methyl sites for hydroxylation is 2. The summed E-state index contributed by atoms with van der Waals surface area (Å²) in [4.78, 5) is 28.9. The molecule has 4 rings (SSSR count). The van der Waals surface area contributed by atoms with Crippen LogP contribution in [0.4, 0.5) is 5.69 Å². The van der Waals surface area contributed by atoms with E-state index < -0.39 is 28.5 Å². The number of sulfonamides is 1. The molecule has 0 radical (unpaired) electrons. The topological polar surface area (TPSA) is 105 Å². The monoisotopic (exact) mass is 607 g/mol. The molecular weight excluding hydrogens is 566 g/mol. The van der Waals surface area contributed by atoms with E-state index in [2.05, 4.69) is 5.32 Å². The van der Waals surface area contributed by atoms with E-state index in [9.17, 15) is 18.0 Å². The Morgan fingerprint density at radius 3 is 2.21 bits per heavy atom. The molecule has 1 fully saturated rings. The highest BCUT2D eigenvalue weighted by Gasteiger charge is 2.33. The van der Waals surface area contributed by atoms with Crippen LogP contribution >= 0.6 is 0 Å². The number of rotatable bonds is 12. The maximum absolute atomic E-state index is 14.2. The number of ether oxygens (including phenoxy) is 2. The first kappa shape index (κ1) is 31.9. The van der Waals surface area contributed by atoms with E-state index in [1.54, 1.807) is 31.2 Å². The van der Waals surface area contributed by atoms with Gasteiger partial charge in [-0.05, 0) is 63.4 Å². The fourth-order valence-corrected chi connectivity index (χ4v) is 6.76. The lowest BCUT2D eigenvalue weighted by molar-refractivity contribution is -0.139. The Kier molecular flexibility index (Phi) is 10.3. The summed E-state index contributed by atoms with van der Waals surface area (Å²) >= 11 is 0. The molecule has 1 N–H and O–H groups in total. The zero-order valence-corrected chi connectivity index (χ0v) is 26.3. The quantitative estimate of drug-likeness (QED) is 0.311. The third kappa shape index (κ3) is 7.67. The van der Waals surface area contributed by atoms with Crippen LogP contribution in [-0.4, -0.2) is 58.0 Å². The second kappa shape index (κ2) is 13.9. The van der Waals surface area contributed by atoms with Crippen molar-refractivity contribution in [2.45, 2.75) is 70.0 Å². The summed E-state index contributed by atoms with van der Waals surface area (Å²) in [7, 11) is -1.35. The Morgan fingerprint density at radius 2 is 1.58 bits per heavy atom. The van der Waals surface area contributed by atoms with E-state index in [0.29, 0.717) is 11.4 Å². The molecule has 0 aliphatic heterocycles. The highest BCUT2D eigenvalue weighted by atomic mass is 32.2. The second-order valence-electron chi connectivity index (χ2n) is 11.0. The van der Waals surface area contributed by atoms with Crippen molar-refractivity contribution in [1.82, 2.24) is 10.2 Å². The maximum Gasteiger partial charge on any atom is 0.264 e. The van der Waals surface area contributed by atoms with Crippen molar-refractivity contribution in [3.05, 3.63) is 83.4 Å². The van der Waals surface area contributed by atoms with Gasteiger partial charge < -0.3 is 19.7 Å². The van der Waals surface area contributed by atoms with Gasteiger partial charge in [0.1, 0.15) is 12.6 Å². The lowest BCUT2D eigenvalue weighted by Gasteiger charge is -2.32. The van der Waals surface area contributed by atoms with Crippen LogP contribution in [0.15, 0.2) is 71.6 Å². The molecule has 0 saturated heterocycles. The van der Waals surface area contributed by atoms with Crippen LogP contribution in [0, 0.1) is 13.8 Å². The van der Waals surface area contributed by atoms with Crippen molar-refractivity contribution in [1.29, 1.82) is 0 Å². The Morgan fingerprint density at radius 1 is 0.907 bits per heavy atom. The van der Waals surface area contributed by atoms with E-state index in [1.807, 2.05) is 38.1 Å². The zero-order valence-electron chi connectivity index (χ0n) is 25.5. The molecule has 1 atom stereocenters. The summed E-state index contributed by atoms with van der Waals surface area (Å²) in [6.45, 7) is 5.19. The van der Waals surface area contributed by atoms with Gasteiger partial charge in [0, 0.05) is 18.7 Å². The number of nitrogens with zero attached hydrogens (tertiary/aromatic N) is 2. The summed E-state index contributed by atoms with van der Waals surface area (Å²) in [5, 5.41) is 3.09. The number of anilines is 1. The molecule has 9 nitrogen and oxygen atoms in total. The summed E-state index contributed by atoms with van der Waals surface area (Å²) in [5.41, 5.74) is 3.13. The Labute approximate surface area is 254 Å². The lowest BCUT2D eigenvalue weighted by Crippen LogP contribution is -2.52. The molecule has 0 heterocycles. The molecule has 2 amide bonds. The molecular formula is C33H41N3O6S. The molecule has 0 bridgehead atoms. The van der Waals surface area contributed by atoms with E-state index in [-0.39, 0.29) is 29.1 Å². The number of hydrogen-bond acceptors (Lipinski definition) is 6. The minimum Gasteiger partial charge on any atom is -0.493 e. The van der Waals surface area contributed by atoms with Crippen molar-refractivity contribution < 1.29 is 27.5 Å². The summed E-state index contributed by atoms with van der Waals surface area (Å²) < 4.78 is 40.0. The van der Waals surface area contributed by atoms with E-state index >= 15 is 0 Å². The molecule has 1 saturated carbocycles. The number of carbonyl (C=O) groups is 2. The minimum atomic E-state index is -4.25. The number of nitrogens with one attached hydrogen (secondary N) is 1. The van der Waals surface area contributed by atoms with Gasteiger partial charge in [0.25, 0.3) is 10.0 Å². The van der Waals surface area contributed by atoms with Crippen LogP contribution in [0.2, 0.25) is 0 Å². The SMILES string of the molecule is COc1ccc(S(=O)(=O)N(CC(=O)N(Cc2cccc(C)c2)[C@@H](C)C(=O)NC2CCCC2)c2ccc(C)cc2)cc1OC. The van der Waals surface area contributed by atoms with Gasteiger partial charge >= 0.3 is 0 Å². The summed E-state index contributed by atoms with van der Waals surface area (Å²) in [5.74, 6) is -0.124. The first-order chi connectivity index (χ1) is 20.5. The van der Waals surface area contributed by atoms with Gasteiger partial charge in [0.05, 0.1) is 24.8 Å². The lowest BCUT2D eigenvalue weighted by atomic mass is 10.1. The number of methoxy groups -OCH3 is 2. The average Bonchev–Trinajstić information content (AvgIpc) is 3.51. The zero-order chi connectivity index (χ0) is 31.1. The van der Waals surface area contributed by atoms with E-state index in [4.69, 9.17) is 9.47 Å². The maximum atomic E-state index is 14.2. The van der Waals surface area contributed by atoms with Crippen molar-refractivity contribution in [2.75, 3.05) is 25.1 Å². The standard InChI is InChI=1S/C33H41N3O6S/c1-23-13-15-28(16-14-23)36(43(39,40)29-17-18-30(41-4)31(20-29)42-5)22-32(37)35(21-26-10-8-9-24(2)19-26)25(3)33(38)34-27-11-6-7-12-27/h8-10,13-20,25,27H,6-7,11-12,21-22H2,1-5H3,(H,34,38)/t25-/m0/s1. The van der Waals surface area contributed by atoms with Gasteiger partial charge in [-0.1, -0.05) is 60.4 Å². The fourth-order valence-electron chi connectivity index (χ4n) is 5.33. The van der Waals surface area contributed by atoms with Crippen LogP contribution in [-0.2, 0) is 26.2 Å². The van der Waals surface area contributed by atoms with Crippen LogP contribution in [0.25, 0.3) is 0 Å². The highest BCUT2D eigenvalue weighted by molar-refractivity contribution is 7.92. The smallest absolute Gasteiger partial charge is 0.264 e. The Bertz CT molecular complexity index is 1530. The highest BCUT2D eigenvalue weighted by Crippen LogP contribution is 2.32. The van der Waals surface area contributed by atoms with Crippen LogP contribution in [0.5, 0.6) is 11.5 Å². The van der Waals surface area contributed by atoms with Gasteiger partial charge in [0.2, 0.25) is 11.8 Å². The summed E-state index contributed by atoms with van der Waals surface area (Å²) in [6, 6.07) is 18.2. The molecule has 43 heavy (non-hydrogen) atoms. The largest absolute Gasteiger partial charge is 0.493 e. The molecule has 10 heteroatoms. The second-order valence-corrected chi connectivity index (χ2v) is 12.9. The van der Waals surface area contributed by atoms with Crippen molar-refractivity contribution >= 4 is 27.5 Å². The third-order valence-corrected chi connectivity index (χ3v) is 9.62. The molecule has 230 valence electrons. The van der Waals surface area contributed by atoms with Gasteiger partial charge in [-0.2, -0.15) is 0 Å². The molecule has 1 aliphatic rings. The molecule has 3 aromatic carbocycles. The predicted molar refractivity (Wildman–Crippen MR) is 167 cm³/mol. The first-order valence-electron chi connectivity index (χ1n) is 14.5. The molecule has 1 aliphatic carbocycles. The Balaban J connectivity index is 1.71. The predicted octanol–water partition coefficient (Wildman–Crippen LogP) is 4.99. The fraction of sp³-hybridized carbons (Fsp3) is 0.394. The van der Waals surface area contributed by atoms with Crippen molar-refractivity contribution in [3.63, 3.8) is 0 Å². The van der Waals surface area contributed by atoms with Gasteiger partial charge in [-0.25, -0.2) is 8.42 Å². The van der Waals surface area contributed by atoms with Gasteiger partial charge in [0.15, 0.2) is 11.5 Å². The summed E-state index contributed by atoms with van der Waals surface area (Å²) in [6.07, 6.45) is 3.94. The molecule has 0 aromatic heterocycles. The van der Waals surface area contributed by atoms with Crippen molar-refractivity contribution in [3.8, 4) is 11.5 Å². The van der Waals surface area contributed by atoms with Gasteiger partial charge in [-0.15, -0.1) is 0 Å². The number of amides is 2. The molecule has 0 spiro atoms. The number of carbonyl (C=O) groups excluding carboxylic acids is 2. The number of hydrogen-bond donors (Lipinski definition) is 1. The molecule has 3 aromatic rings. The Hall–Kier alpha value is -4.05. The third-order valence-electron chi connectivity index (χ3n) is 7.85.